The van der Waals surface area contributed by atoms with E-state index in [0.29, 0.717) is 36.8 Å². The smallest absolute Gasteiger partial charge is 0.253 e. The van der Waals surface area contributed by atoms with Crippen molar-refractivity contribution in [2.24, 2.45) is 5.92 Å². The van der Waals surface area contributed by atoms with Crippen molar-refractivity contribution in [3.8, 4) is 0 Å². The van der Waals surface area contributed by atoms with Crippen LogP contribution in [-0.2, 0) is 17.9 Å². The van der Waals surface area contributed by atoms with Crippen LogP contribution in [0.5, 0.6) is 0 Å². The molecule has 0 spiro atoms. The fourth-order valence-electron chi connectivity index (χ4n) is 3.79. The Bertz CT molecular complexity index is 935. The average molecular weight is 459 g/mol. The van der Waals surface area contributed by atoms with E-state index in [0.717, 1.165) is 12.8 Å². The SMILES string of the molecule is O=C(c1ccc(Cl)cc1)N1CCC[C@@H](C(=O)N(Cc2cccs2)Cc2cccs2)C1. The van der Waals surface area contributed by atoms with Gasteiger partial charge in [-0.15, -0.1) is 22.7 Å². The lowest BCUT2D eigenvalue weighted by molar-refractivity contribution is -0.138. The number of carbonyl (C=O) groups is 2. The van der Waals surface area contributed by atoms with Gasteiger partial charge in [-0.25, -0.2) is 0 Å². The minimum atomic E-state index is -0.171. The van der Waals surface area contributed by atoms with Crippen LogP contribution in [0.2, 0.25) is 5.02 Å². The summed E-state index contributed by atoms with van der Waals surface area (Å²) < 4.78 is 0. The maximum Gasteiger partial charge on any atom is 0.253 e. The van der Waals surface area contributed by atoms with E-state index in [9.17, 15) is 9.59 Å². The van der Waals surface area contributed by atoms with Crippen LogP contribution in [-0.4, -0.2) is 34.7 Å². The van der Waals surface area contributed by atoms with Crippen molar-refractivity contribution >= 4 is 46.1 Å². The fourth-order valence-corrected chi connectivity index (χ4v) is 5.35. The second kappa shape index (κ2) is 9.77. The first-order chi connectivity index (χ1) is 14.6. The Kier molecular flexibility index (Phi) is 6.87. The van der Waals surface area contributed by atoms with Crippen molar-refractivity contribution < 1.29 is 9.59 Å². The third-order valence-electron chi connectivity index (χ3n) is 5.31. The number of hydrogen-bond acceptors (Lipinski definition) is 4. The number of thiophene rings is 2. The van der Waals surface area contributed by atoms with Crippen molar-refractivity contribution in [2.75, 3.05) is 13.1 Å². The number of rotatable bonds is 6. The molecule has 0 saturated carbocycles. The van der Waals surface area contributed by atoms with E-state index in [4.69, 9.17) is 11.6 Å². The molecule has 156 valence electrons. The number of hydrogen-bond donors (Lipinski definition) is 0. The van der Waals surface area contributed by atoms with Gasteiger partial charge in [0.2, 0.25) is 5.91 Å². The highest BCUT2D eigenvalue weighted by Gasteiger charge is 2.32. The summed E-state index contributed by atoms with van der Waals surface area (Å²) in [5, 5.41) is 4.68. The number of amides is 2. The van der Waals surface area contributed by atoms with Crippen molar-refractivity contribution in [1.29, 1.82) is 0 Å². The number of likely N-dealkylation sites (tertiary alicyclic amines) is 1. The summed E-state index contributed by atoms with van der Waals surface area (Å²) >= 11 is 9.28. The number of benzene rings is 1. The van der Waals surface area contributed by atoms with Crippen molar-refractivity contribution in [3.63, 3.8) is 0 Å². The molecule has 4 rings (SSSR count). The van der Waals surface area contributed by atoms with Crippen LogP contribution in [0.15, 0.2) is 59.3 Å². The highest BCUT2D eigenvalue weighted by molar-refractivity contribution is 7.10. The second-order valence-corrected chi connectivity index (χ2v) is 9.95. The molecule has 0 aliphatic carbocycles. The first-order valence-electron chi connectivity index (χ1n) is 9.98. The Morgan fingerprint density at radius 3 is 2.20 bits per heavy atom. The monoisotopic (exact) mass is 458 g/mol. The van der Waals surface area contributed by atoms with Gasteiger partial charge in [-0.1, -0.05) is 23.7 Å². The molecule has 0 radical (unpaired) electrons. The Balaban J connectivity index is 1.47. The van der Waals surface area contributed by atoms with Crippen LogP contribution in [0, 0.1) is 5.92 Å². The van der Waals surface area contributed by atoms with Crippen molar-refractivity contribution in [1.82, 2.24) is 9.80 Å². The fraction of sp³-hybridized carbons (Fsp3) is 0.304. The van der Waals surface area contributed by atoms with Crippen LogP contribution in [0.25, 0.3) is 0 Å². The normalized spacial score (nSPS) is 16.4. The summed E-state index contributed by atoms with van der Waals surface area (Å²) in [6.07, 6.45) is 1.65. The molecule has 1 saturated heterocycles. The third-order valence-corrected chi connectivity index (χ3v) is 7.29. The molecule has 1 aliphatic heterocycles. The summed E-state index contributed by atoms with van der Waals surface area (Å²) in [7, 11) is 0. The minimum Gasteiger partial charge on any atom is -0.338 e. The summed E-state index contributed by atoms with van der Waals surface area (Å²) in [6.45, 7) is 2.36. The predicted molar refractivity (Wildman–Crippen MR) is 123 cm³/mol. The standard InChI is InChI=1S/C23H23ClN2O2S2/c24-19-9-7-17(8-10-19)22(27)25-11-1-4-18(14-25)23(28)26(15-20-5-2-12-29-20)16-21-6-3-13-30-21/h2-3,5-10,12-13,18H,1,4,11,14-16H2/t18-/m1/s1. The third kappa shape index (κ3) is 5.12. The Hall–Kier alpha value is -2.15. The van der Waals surface area contributed by atoms with E-state index in [1.807, 2.05) is 32.7 Å². The Labute approximate surface area is 189 Å². The molecule has 0 N–H and O–H groups in total. The zero-order valence-corrected chi connectivity index (χ0v) is 18.9. The molecule has 0 bridgehead atoms. The van der Waals surface area contributed by atoms with Crippen LogP contribution in [0.1, 0.15) is 33.0 Å². The molecule has 0 unspecified atom stereocenters. The van der Waals surface area contributed by atoms with Crippen molar-refractivity contribution in [2.45, 2.75) is 25.9 Å². The van der Waals surface area contributed by atoms with Gasteiger partial charge in [0.15, 0.2) is 0 Å². The summed E-state index contributed by atoms with van der Waals surface area (Å²) in [5.41, 5.74) is 0.613. The average Bonchev–Trinajstić information content (AvgIpc) is 3.47. The summed E-state index contributed by atoms with van der Waals surface area (Å²) in [4.78, 5) is 32.5. The lowest BCUT2D eigenvalue weighted by Gasteiger charge is -2.35. The van der Waals surface area contributed by atoms with Gasteiger partial charge in [0.25, 0.3) is 5.91 Å². The number of nitrogens with zero attached hydrogens (tertiary/aromatic N) is 2. The number of piperidine rings is 1. The second-order valence-electron chi connectivity index (χ2n) is 7.45. The molecule has 30 heavy (non-hydrogen) atoms. The van der Waals surface area contributed by atoms with E-state index in [1.54, 1.807) is 46.9 Å². The first-order valence-corrected chi connectivity index (χ1v) is 12.1. The molecule has 1 atom stereocenters. The highest BCUT2D eigenvalue weighted by Crippen LogP contribution is 2.25. The minimum absolute atomic E-state index is 0.0350. The van der Waals surface area contributed by atoms with Crippen LogP contribution in [0.3, 0.4) is 0 Å². The highest BCUT2D eigenvalue weighted by atomic mass is 35.5. The van der Waals surface area contributed by atoms with Gasteiger partial charge >= 0.3 is 0 Å². The molecule has 3 heterocycles. The zero-order chi connectivity index (χ0) is 20.9. The topological polar surface area (TPSA) is 40.6 Å². The molecule has 4 nitrogen and oxygen atoms in total. The lowest BCUT2D eigenvalue weighted by Crippen LogP contribution is -2.46. The van der Waals surface area contributed by atoms with Gasteiger partial charge in [-0.2, -0.15) is 0 Å². The summed E-state index contributed by atoms with van der Waals surface area (Å²) in [5.74, 6) is -0.0763. The van der Waals surface area contributed by atoms with Crippen LogP contribution < -0.4 is 0 Å². The first kappa shape index (κ1) is 21.1. The molecule has 2 amide bonds. The molecule has 7 heteroatoms. The van der Waals surface area contributed by atoms with Gasteiger partial charge in [0.1, 0.15) is 0 Å². The molecule has 2 aromatic heterocycles. The molecule has 1 fully saturated rings. The molecule has 1 aliphatic rings. The Morgan fingerprint density at radius 2 is 1.63 bits per heavy atom. The lowest BCUT2D eigenvalue weighted by atomic mass is 9.95. The summed E-state index contributed by atoms with van der Waals surface area (Å²) in [6, 6.07) is 15.1. The van der Waals surface area contributed by atoms with Gasteiger partial charge in [0, 0.05) is 33.4 Å². The maximum absolute atomic E-state index is 13.5. The van der Waals surface area contributed by atoms with Gasteiger partial charge in [-0.05, 0) is 60.0 Å². The van der Waals surface area contributed by atoms with E-state index >= 15 is 0 Å². The quantitative estimate of drug-likeness (QED) is 0.486. The van der Waals surface area contributed by atoms with Crippen molar-refractivity contribution in [3.05, 3.63) is 79.6 Å². The van der Waals surface area contributed by atoms with Crippen LogP contribution >= 0.6 is 34.3 Å². The van der Waals surface area contributed by atoms with Gasteiger partial charge < -0.3 is 9.80 Å². The van der Waals surface area contributed by atoms with E-state index < -0.39 is 0 Å². The molecule has 3 aromatic rings. The van der Waals surface area contributed by atoms with Crippen LogP contribution in [0.4, 0.5) is 0 Å². The number of carbonyl (C=O) groups excluding carboxylic acids is 2. The maximum atomic E-state index is 13.5. The largest absolute Gasteiger partial charge is 0.338 e. The molecular weight excluding hydrogens is 436 g/mol. The molecule has 1 aromatic carbocycles. The Morgan fingerprint density at radius 1 is 1.00 bits per heavy atom. The van der Waals surface area contributed by atoms with E-state index in [-0.39, 0.29) is 17.7 Å². The molecular formula is C23H23ClN2O2S2. The number of halogens is 1. The van der Waals surface area contributed by atoms with Gasteiger partial charge in [-0.3, -0.25) is 9.59 Å². The predicted octanol–water partition coefficient (Wildman–Crippen LogP) is 5.54. The van der Waals surface area contributed by atoms with E-state index in [1.165, 1.54) is 9.75 Å². The van der Waals surface area contributed by atoms with E-state index in [2.05, 4.69) is 12.1 Å². The van der Waals surface area contributed by atoms with Gasteiger partial charge in [0.05, 0.1) is 19.0 Å². The zero-order valence-electron chi connectivity index (χ0n) is 16.5.